The van der Waals surface area contributed by atoms with E-state index in [4.69, 9.17) is 0 Å². The predicted octanol–water partition coefficient (Wildman–Crippen LogP) is 6.67. The molecule has 20 heavy (non-hydrogen) atoms. The summed E-state index contributed by atoms with van der Waals surface area (Å²) >= 11 is 0. The van der Waals surface area contributed by atoms with Gasteiger partial charge in [0.25, 0.3) is 0 Å². The summed E-state index contributed by atoms with van der Waals surface area (Å²) in [6, 6.07) is 0. The number of epoxide rings is 1. The molecule has 0 spiro atoms. The van der Waals surface area contributed by atoms with Gasteiger partial charge in [0.2, 0.25) is 0 Å². The number of ether oxygens (including phenoxy) is 1. The maximum atomic E-state index is 4.50. The van der Waals surface area contributed by atoms with Crippen LogP contribution in [-0.4, -0.2) is 13.2 Å². The summed E-state index contributed by atoms with van der Waals surface area (Å²) in [5.74, 6) is 0. The molecule has 1 fully saturated rings. The van der Waals surface area contributed by atoms with Gasteiger partial charge in [-0.3, -0.25) is 0 Å². The fourth-order valence-electron chi connectivity index (χ4n) is 2.31. The lowest BCUT2D eigenvalue weighted by Crippen LogP contribution is -1.82. The minimum absolute atomic E-state index is 1.00. The van der Waals surface area contributed by atoms with Crippen LogP contribution in [0.25, 0.3) is 0 Å². The second kappa shape index (κ2) is 18.7. The van der Waals surface area contributed by atoms with Crippen molar-refractivity contribution in [3.8, 4) is 0 Å². The Morgan fingerprint density at radius 1 is 0.700 bits per heavy atom. The van der Waals surface area contributed by atoms with Gasteiger partial charge in [0.05, 0.1) is 13.2 Å². The average Bonchev–Trinajstić information content (AvgIpc) is 3.32. The highest BCUT2D eigenvalue weighted by molar-refractivity contribution is 4.65. The van der Waals surface area contributed by atoms with Crippen LogP contribution in [-0.2, 0) is 4.74 Å². The van der Waals surface area contributed by atoms with E-state index in [9.17, 15) is 0 Å². The van der Waals surface area contributed by atoms with Crippen molar-refractivity contribution in [1.29, 1.82) is 0 Å². The maximum Gasteiger partial charge on any atom is 0.0701 e. The third-order valence-electron chi connectivity index (χ3n) is 3.72. The van der Waals surface area contributed by atoms with Gasteiger partial charge in [-0.05, 0) is 12.8 Å². The Kier molecular flexibility index (Phi) is 18.4. The van der Waals surface area contributed by atoms with Gasteiger partial charge in [0.15, 0.2) is 0 Å². The molecule has 1 heteroatoms. The topological polar surface area (TPSA) is 12.5 Å². The van der Waals surface area contributed by atoms with Crippen LogP contribution in [0.15, 0.2) is 12.7 Å². The minimum Gasteiger partial charge on any atom is -0.377 e. The fraction of sp³-hybridized carbons (Fsp3) is 0.895. The standard InChI is InChI=1S/C17H34.C2H4O/c1-3-5-7-9-11-13-15-17-16-14-12-10-8-6-4-2;1-2-3-1/h3H,1,4-17H2,2H3;1-2H2. The van der Waals surface area contributed by atoms with E-state index in [-0.39, 0.29) is 0 Å². The van der Waals surface area contributed by atoms with Gasteiger partial charge in [-0.15, -0.1) is 6.58 Å². The van der Waals surface area contributed by atoms with Crippen molar-refractivity contribution in [2.45, 2.75) is 96.8 Å². The van der Waals surface area contributed by atoms with Crippen LogP contribution in [0.1, 0.15) is 96.8 Å². The molecule has 1 nitrogen and oxygen atoms in total. The summed E-state index contributed by atoms with van der Waals surface area (Å²) in [7, 11) is 0. The summed E-state index contributed by atoms with van der Waals surface area (Å²) < 4.78 is 4.50. The quantitative estimate of drug-likeness (QED) is 0.197. The molecular weight excluding hydrogens is 244 g/mol. The lowest BCUT2D eigenvalue weighted by molar-refractivity contribution is 0.475. The monoisotopic (exact) mass is 282 g/mol. The van der Waals surface area contributed by atoms with E-state index in [1.807, 2.05) is 6.08 Å². The van der Waals surface area contributed by atoms with E-state index in [0.29, 0.717) is 0 Å². The molecule has 0 unspecified atom stereocenters. The first kappa shape index (κ1) is 19.7. The Hall–Kier alpha value is -0.300. The molecule has 0 radical (unpaired) electrons. The molecule has 0 aromatic heterocycles. The van der Waals surface area contributed by atoms with Gasteiger partial charge in [-0.1, -0.05) is 90.0 Å². The molecule has 0 bridgehead atoms. The van der Waals surface area contributed by atoms with Crippen LogP contribution in [0.4, 0.5) is 0 Å². The highest BCUT2D eigenvalue weighted by atomic mass is 16.6. The van der Waals surface area contributed by atoms with Crippen LogP contribution in [0.5, 0.6) is 0 Å². The Bertz CT molecular complexity index is 172. The van der Waals surface area contributed by atoms with Crippen molar-refractivity contribution in [2.75, 3.05) is 13.2 Å². The van der Waals surface area contributed by atoms with Gasteiger partial charge in [-0.2, -0.15) is 0 Å². The molecule has 0 amide bonds. The summed E-state index contributed by atoms with van der Waals surface area (Å²) in [5.41, 5.74) is 0. The van der Waals surface area contributed by atoms with Gasteiger partial charge < -0.3 is 4.74 Å². The Morgan fingerprint density at radius 3 is 1.35 bits per heavy atom. The summed E-state index contributed by atoms with van der Waals surface area (Å²) in [6.07, 6.45) is 22.0. The smallest absolute Gasteiger partial charge is 0.0701 e. The zero-order valence-electron chi connectivity index (χ0n) is 14.0. The van der Waals surface area contributed by atoms with Gasteiger partial charge >= 0.3 is 0 Å². The molecule has 0 aromatic rings. The third kappa shape index (κ3) is 22.8. The van der Waals surface area contributed by atoms with E-state index >= 15 is 0 Å². The van der Waals surface area contributed by atoms with Crippen molar-refractivity contribution in [1.82, 2.24) is 0 Å². The molecule has 1 rings (SSSR count). The summed E-state index contributed by atoms with van der Waals surface area (Å²) in [5, 5.41) is 0. The normalized spacial score (nSPS) is 12.7. The average molecular weight is 283 g/mol. The maximum absolute atomic E-state index is 4.50. The van der Waals surface area contributed by atoms with E-state index in [0.717, 1.165) is 13.2 Å². The molecule has 1 aliphatic heterocycles. The lowest BCUT2D eigenvalue weighted by atomic mass is 10.0. The van der Waals surface area contributed by atoms with Crippen LogP contribution >= 0.6 is 0 Å². The number of allylic oxidation sites excluding steroid dienone is 1. The lowest BCUT2D eigenvalue weighted by Gasteiger charge is -2.02. The van der Waals surface area contributed by atoms with Crippen molar-refractivity contribution in [2.24, 2.45) is 0 Å². The fourth-order valence-corrected chi connectivity index (χ4v) is 2.31. The highest BCUT2D eigenvalue weighted by Crippen LogP contribution is 2.12. The largest absolute Gasteiger partial charge is 0.377 e. The van der Waals surface area contributed by atoms with Crippen LogP contribution in [0.3, 0.4) is 0 Å². The molecule has 0 N–H and O–H groups in total. The van der Waals surface area contributed by atoms with Gasteiger partial charge in [-0.25, -0.2) is 0 Å². The molecule has 1 heterocycles. The molecular formula is C19H38O. The van der Waals surface area contributed by atoms with Crippen molar-refractivity contribution < 1.29 is 4.74 Å². The van der Waals surface area contributed by atoms with Crippen LogP contribution in [0, 0.1) is 0 Å². The van der Waals surface area contributed by atoms with E-state index in [1.54, 1.807) is 0 Å². The van der Waals surface area contributed by atoms with Crippen molar-refractivity contribution >= 4 is 0 Å². The van der Waals surface area contributed by atoms with E-state index in [2.05, 4.69) is 18.2 Å². The minimum atomic E-state index is 1.00. The molecule has 0 aliphatic carbocycles. The number of unbranched alkanes of at least 4 members (excludes halogenated alkanes) is 13. The molecule has 0 aromatic carbocycles. The summed E-state index contributed by atoms with van der Waals surface area (Å²) in [4.78, 5) is 0. The second-order valence-corrected chi connectivity index (χ2v) is 5.93. The van der Waals surface area contributed by atoms with Crippen LogP contribution < -0.4 is 0 Å². The van der Waals surface area contributed by atoms with Gasteiger partial charge in [0.1, 0.15) is 0 Å². The first-order valence-corrected chi connectivity index (χ1v) is 9.10. The molecule has 1 saturated heterocycles. The zero-order chi connectivity index (χ0) is 14.7. The number of rotatable bonds is 14. The number of hydrogen-bond donors (Lipinski definition) is 0. The first-order chi connectivity index (χ1) is 9.91. The molecule has 120 valence electrons. The van der Waals surface area contributed by atoms with Crippen LogP contribution in [0.2, 0.25) is 0 Å². The second-order valence-electron chi connectivity index (χ2n) is 5.93. The Balaban J connectivity index is 0.00000105. The van der Waals surface area contributed by atoms with Crippen molar-refractivity contribution in [3.63, 3.8) is 0 Å². The summed E-state index contributed by atoms with van der Waals surface area (Å²) in [6.45, 7) is 8.04. The zero-order valence-corrected chi connectivity index (χ0v) is 14.0. The van der Waals surface area contributed by atoms with Crippen molar-refractivity contribution in [3.05, 3.63) is 12.7 Å². The third-order valence-corrected chi connectivity index (χ3v) is 3.72. The molecule has 1 aliphatic rings. The van der Waals surface area contributed by atoms with Gasteiger partial charge in [0, 0.05) is 0 Å². The first-order valence-electron chi connectivity index (χ1n) is 9.10. The van der Waals surface area contributed by atoms with E-state index in [1.165, 1.54) is 89.9 Å². The molecule has 0 atom stereocenters. The Labute approximate surface area is 128 Å². The highest BCUT2D eigenvalue weighted by Gasteiger charge is 1.94. The van der Waals surface area contributed by atoms with E-state index < -0.39 is 0 Å². The molecule has 0 saturated carbocycles. The SMILES string of the molecule is C1CO1.C=CCCCCCCCCCCCCCCC. The Morgan fingerprint density at radius 2 is 1.05 bits per heavy atom. The predicted molar refractivity (Wildman–Crippen MR) is 91.3 cm³/mol. The number of hydrogen-bond acceptors (Lipinski definition) is 1.